The van der Waals surface area contributed by atoms with E-state index in [2.05, 4.69) is 4.74 Å². The average molecular weight is 258 g/mol. The molecule has 0 amide bonds. The molecule has 4 atom stereocenters. The maximum absolute atomic E-state index is 11.0. The average Bonchev–Trinajstić information content (AvgIpc) is 2.76. The highest BCUT2D eigenvalue weighted by Crippen LogP contribution is 2.38. The Kier molecular flexibility index (Phi) is 3.72. The zero-order valence-electron chi connectivity index (χ0n) is 10.9. The maximum atomic E-state index is 11.0. The number of ether oxygens (including phenoxy) is 5. The highest BCUT2D eigenvalue weighted by Gasteiger charge is 2.54. The van der Waals surface area contributed by atoms with E-state index in [-0.39, 0.29) is 18.3 Å². The normalized spacial score (nSPS) is 38.0. The number of hydrogen-bond donors (Lipinski definition) is 0. The molecule has 6 nitrogen and oxygen atoms in total. The van der Waals surface area contributed by atoms with Gasteiger partial charge in [0.05, 0.1) is 7.11 Å². The van der Waals surface area contributed by atoms with E-state index in [1.54, 1.807) is 13.2 Å². The van der Waals surface area contributed by atoms with Gasteiger partial charge in [0.25, 0.3) is 0 Å². The van der Waals surface area contributed by atoms with Gasteiger partial charge < -0.3 is 23.7 Å². The Balaban J connectivity index is 2.04. The Morgan fingerprint density at radius 3 is 2.61 bits per heavy atom. The summed E-state index contributed by atoms with van der Waals surface area (Å²) in [4.78, 5) is 11.0. The third kappa shape index (κ3) is 2.56. The molecule has 0 saturated carbocycles. The van der Waals surface area contributed by atoms with Crippen LogP contribution in [0.15, 0.2) is 12.2 Å². The number of esters is 1. The van der Waals surface area contributed by atoms with E-state index >= 15 is 0 Å². The first-order valence-corrected chi connectivity index (χ1v) is 5.77. The van der Waals surface area contributed by atoms with Crippen molar-refractivity contribution in [2.45, 2.75) is 44.2 Å². The first-order chi connectivity index (χ1) is 8.46. The summed E-state index contributed by atoms with van der Waals surface area (Å²) in [5.41, 5.74) is 0. The molecule has 0 aromatic heterocycles. The molecular formula is C12H18O6. The van der Waals surface area contributed by atoms with Gasteiger partial charge in [-0.25, -0.2) is 4.79 Å². The van der Waals surface area contributed by atoms with E-state index in [9.17, 15) is 4.79 Å². The molecule has 6 heteroatoms. The van der Waals surface area contributed by atoms with Crippen LogP contribution in [-0.4, -0.2) is 50.6 Å². The number of carbonyl (C=O) groups excluding carboxylic acids is 1. The van der Waals surface area contributed by atoms with Crippen molar-refractivity contribution in [1.82, 2.24) is 0 Å². The summed E-state index contributed by atoms with van der Waals surface area (Å²) >= 11 is 0. The van der Waals surface area contributed by atoms with E-state index in [1.807, 2.05) is 13.8 Å². The van der Waals surface area contributed by atoms with E-state index in [0.29, 0.717) is 0 Å². The Morgan fingerprint density at radius 1 is 1.28 bits per heavy atom. The van der Waals surface area contributed by atoms with Crippen LogP contribution in [0.5, 0.6) is 0 Å². The van der Waals surface area contributed by atoms with Crippen molar-refractivity contribution in [2.24, 2.45) is 0 Å². The minimum absolute atomic E-state index is 0.294. The maximum Gasteiger partial charge on any atom is 0.330 e. The third-order valence-corrected chi connectivity index (χ3v) is 2.92. The Labute approximate surface area is 106 Å². The van der Waals surface area contributed by atoms with Crippen molar-refractivity contribution in [1.29, 1.82) is 0 Å². The van der Waals surface area contributed by atoms with Crippen molar-refractivity contribution < 1.29 is 28.5 Å². The van der Waals surface area contributed by atoms with Crippen LogP contribution in [0, 0.1) is 0 Å². The molecule has 0 aliphatic carbocycles. The first-order valence-electron chi connectivity index (χ1n) is 5.77. The van der Waals surface area contributed by atoms with E-state index in [4.69, 9.17) is 18.9 Å². The van der Waals surface area contributed by atoms with Crippen molar-refractivity contribution in [3.05, 3.63) is 12.2 Å². The van der Waals surface area contributed by atoms with Gasteiger partial charge in [0.1, 0.15) is 18.3 Å². The molecule has 18 heavy (non-hydrogen) atoms. The molecule has 0 aromatic carbocycles. The largest absolute Gasteiger partial charge is 0.466 e. The van der Waals surface area contributed by atoms with E-state index < -0.39 is 18.0 Å². The fraction of sp³-hybridized carbons (Fsp3) is 0.750. The second kappa shape index (κ2) is 4.97. The summed E-state index contributed by atoms with van der Waals surface area (Å²) in [6.45, 7) is 3.64. The minimum atomic E-state index is -0.677. The molecular weight excluding hydrogens is 240 g/mol. The zero-order valence-corrected chi connectivity index (χ0v) is 10.9. The van der Waals surface area contributed by atoms with Gasteiger partial charge in [-0.1, -0.05) is 0 Å². The van der Waals surface area contributed by atoms with E-state index in [1.165, 1.54) is 13.2 Å². The topological polar surface area (TPSA) is 63.2 Å². The summed E-state index contributed by atoms with van der Waals surface area (Å²) in [5, 5.41) is 0. The molecule has 2 aliphatic heterocycles. The second-order valence-electron chi connectivity index (χ2n) is 4.65. The van der Waals surface area contributed by atoms with Gasteiger partial charge in [-0.2, -0.15) is 0 Å². The van der Waals surface area contributed by atoms with Crippen LogP contribution in [0.1, 0.15) is 13.8 Å². The molecule has 2 heterocycles. The lowest BCUT2D eigenvalue weighted by Gasteiger charge is -2.23. The predicted octanol–water partition coefficient (Wildman–Crippen LogP) is 0.607. The fourth-order valence-electron chi connectivity index (χ4n) is 2.17. The van der Waals surface area contributed by atoms with Crippen LogP contribution in [-0.2, 0) is 28.5 Å². The van der Waals surface area contributed by atoms with Crippen LogP contribution < -0.4 is 0 Å². The summed E-state index contributed by atoms with van der Waals surface area (Å²) in [5.74, 6) is -1.11. The van der Waals surface area contributed by atoms with Gasteiger partial charge in [-0.15, -0.1) is 0 Å². The SMILES string of the molecule is COC(=O)/C=C/[C@H]1O[C@@H]2OC(C)(C)O[C@@H]2[C@H]1OC. The number of carbonyl (C=O) groups is 1. The molecule has 2 saturated heterocycles. The smallest absolute Gasteiger partial charge is 0.330 e. The van der Waals surface area contributed by atoms with Gasteiger partial charge >= 0.3 is 5.97 Å². The second-order valence-corrected chi connectivity index (χ2v) is 4.65. The summed E-state index contributed by atoms with van der Waals surface area (Å²) < 4.78 is 26.8. The Bertz CT molecular complexity index is 350. The van der Waals surface area contributed by atoms with Crippen molar-refractivity contribution in [2.75, 3.05) is 14.2 Å². The first kappa shape index (κ1) is 13.5. The van der Waals surface area contributed by atoms with Crippen LogP contribution in [0.4, 0.5) is 0 Å². The molecule has 102 valence electrons. The number of hydrogen-bond acceptors (Lipinski definition) is 6. The van der Waals surface area contributed by atoms with Gasteiger partial charge in [0.2, 0.25) is 0 Å². The van der Waals surface area contributed by atoms with Crippen molar-refractivity contribution in [3.63, 3.8) is 0 Å². The predicted molar refractivity (Wildman–Crippen MR) is 60.7 cm³/mol. The van der Waals surface area contributed by atoms with Gasteiger partial charge in [0, 0.05) is 13.2 Å². The molecule has 0 bridgehead atoms. The minimum Gasteiger partial charge on any atom is -0.466 e. The van der Waals surface area contributed by atoms with Crippen LogP contribution in [0.25, 0.3) is 0 Å². The van der Waals surface area contributed by atoms with Crippen molar-refractivity contribution in [3.8, 4) is 0 Å². The van der Waals surface area contributed by atoms with Crippen LogP contribution in [0.3, 0.4) is 0 Å². The van der Waals surface area contributed by atoms with Gasteiger partial charge in [-0.3, -0.25) is 0 Å². The summed E-state index contributed by atoms with van der Waals surface area (Å²) in [7, 11) is 2.89. The standard InChI is InChI=1S/C12H18O6/c1-12(2)17-10-9(15-4)7(16-11(10)18-12)5-6-8(13)14-3/h5-7,9-11H,1-4H3/b6-5+/t7-,9+,10-,11-/m1/s1. The lowest BCUT2D eigenvalue weighted by molar-refractivity contribution is -0.210. The highest BCUT2D eigenvalue weighted by molar-refractivity contribution is 5.81. The molecule has 0 aromatic rings. The van der Waals surface area contributed by atoms with Gasteiger partial charge in [0.15, 0.2) is 12.1 Å². The lowest BCUT2D eigenvalue weighted by atomic mass is 10.1. The van der Waals surface area contributed by atoms with Crippen molar-refractivity contribution >= 4 is 5.97 Å². The van der Waals surface area contributed by atoms with Gasteiger partial charge in [-0.05, 0) is 19.9 Å². The number of methoxy groups -OCH3 is 2. The fourth-order valence-corrected chi connectivity index (χ4v) is 2.17. The lowest BCUT2D eigenvalue weighted by Crippen LogP contribution is -2.35. The Hall–Kier alpha value is -0.950. The molecule has 0 N–H and O–H groups in total. The molecule has 2 fully saturated rings. The molecule has 0 radical (unpaired) electrons. The number of rotatable bonds is 3. The highest BCUT2D eigenvalue weighted by atomic mass is 16.8. The van der Waals surface area contributed by atoms with Crippen LogP contribution in [0.2, 0.25) is 0 Å². The summed E-state index contributed by atoms with van der Waals surface area (Å²) in [6, 6.07) is 0. The molecule has 2 aliphatic rings. The molecule has 0 spiro atoms. The summed E-state index contributed by atoms with van der Waals surface area (Å²) in [6.07, 6.45) is 1.44. The number of fused-ring (bicyclic) bond motifs is 1. The third-order valence-electron chi connectivity index (χ3n) is 2.92. The molecule has 0 unspecified atom stereocenters. The molecule has 2 rings (SSSR count). The Morgan fingerprint density at radius 2 is 2.00 bits per heavy atom. The zero-order chi connectivity index (χ0) is 13.3. The monoisotopic (exact) mass is 258 g/mol. The van der Waals surface area contributed by atoms with E-state index in [0.717, 1.165) is 0 Å². The quantitative estimate of drug-likeness (QED) is 0.546. The van der Waals surface area contributed by atoms with Crippen LogP contribution >= 0.6 is 0 Å².